The Kier molecular flexibility index (Phi) is 6.88. The number of nitrogens with zero attached hydrogens (tertiary/aromatic N) is 4. The first kappa shape index (κ1) is 23.8. The van der Waals surface area contributed by atoms with E-state index in [2.05, 4.69) is 20.3 Å². The molecule has 0 bridgehead atoms. The number of amides is 2. The van der Waals surface area contributed by atoms with E-state index in [-0.39, 0.29) is 24.2 Å². The summed E-state index contributed by atoms with van der Waals surface area (Å²) in [5.74, 6) is 0.203. The Bertz CT molecular complexity index is 1220. The molecule has 9 heteroatoms. The molecule has 0 saturated carbocycles. The van der Waals surface area contributed by atoms with Gasteiger partial charge in [-0.15, -0.1) is 0 Å². The molecular formula is C25H29ClN6O2. The summed E-state index contributed by atoms with van der Waals surface area (Å²) in [6.07, 6.45) is 3.55. The number of anilines is 2. The van der Waals surface area contributed by atoms with Gasteiger partial charge in [0.1, 0.15) is 5.82 Å². The number of carbonyl (C=O) groups excluding carboxylic acids is 2. The van der Waals surface area contributed by atoms with E-state index >= 15 is 0 Å². The first-order valence-electron chi connectivity index (χ1n) is 11.3. The van der Waals surface area contributed by atoms with Crippen LogP contribution in [0.3, 0.4) is 0 Å². The van der Waals surface area contributed by atoms with Crippen LogP contribution in [0.5, 0.6) is 0 Å². The molecule has 0 aliphatic carbocycles. The molecule has 34 heavy (non-hydrogen) atoms. The van der Waals surface area contributed by atoms with Gasteiger partial charge in [-0.25, -0.2) is 9.67 Å². The molecule has 0 radical (unpaired) electrons. The van der Waals surface area contributed by atoms with Gasteiger partial charge in [0, 0.05) is 29.4 Å². The van der Waals surface area contributed by atoms with Crippen LogP contribution in [0.4, 0.5) is 11.5 Å². The van der Waals surface area contributed by atoms with Gasteiger partial charge < -0.3 is 16.0 Å². The summed E-state index contributed by atoms with van der Waals surface area (Å²) in [5, 5.41) is 8.21. The Morgan fingerprint density at radius 2 is 2.00 bits per heavy atom. The van der Waals surface area contributed by atoms with Crippen LogP contribution >= 0.6 is 11.6 Å². The van der Waals surface area contributed by atoms with Crippen LogP contribution in [-0.4, -0.2) is 39.7 Å². The number of piperidine rings is 1. The molecule has 8 nitrogen and oxygen atoms in total. The largest absolute Gasteiger partial charge is 0.369 e. The molecule has 1 aromatic carbocycles. The molecule has 2 aromatic heterocycles. The standard InChI is InChI=1S/C25H29ClN6O2/c1-15-6-8-20(11-22(15)26)32-17(3)21(16(2)30-32)12-24(33)29-19-7-9-23(28-13-19)31-10-4-5-18(14-31)25(27)34/h6-9,11,13,18H,4-5,10,12,14H2,1-3H3,(H2,27,34)(H,29,33). The highest BCUT2D eigenvalue weighted by atomic mass is 35.5. The van der Waals surface area contributed by atoms with E-state index in [9.17, 15) is 9.59 Å². The van der Waals surface area contributed by atoms with E-state index in [1.54, 1.807) is 6.20 Å². The smallest absolute Gasteiger partial charge is 0.228 e. The lowest BCUT2D eigenvalue weighted by Crippen LogP contribution is -2.41. The maximum Gasteiger partial charge on any atom is 0.228 e. The fraction of sp³-hybridized carbons (Fsp3) is 0.360. The number of hydrogen-bond donors (Lipinski definition) is 2. The number of carbonyl (C=O) groups is 2. The molecule has 3 heterocycles. The molecule has 1 aliphatic rings. The first-order valence-corrected chi connectivity index (χ1v) is 11.7. The maximum atomic E-state index is 12.8. The van der Waals surface area contributed by atoms with Crippen LogP contribution in [-0.2, 0) is 16.0 Å². The number of hydrogen-bond acceptors (Lipinski definition) is 5. The van der Waals surface area contributed by atoms with Crippen LogP contribution in [0.2, 0.25) is 5.02 Å². The Balaban J connectivity index is 1.42. The lowest BCUT2D eigenvalue weighted by atomic mass is 9.97. The summed E-state index contributed by atoms with van der Waals surface area (Å²) >= 11 is 6.28. The van der Waals surface area contributed by atoms with E-state index in [0.29, 0.717) is 17.3 Å². The number of aryl methyl sites for hydroxylation is 2. The number of nitrogens with two attached hydrogens (primary N) is 1. The predicted octanol–water partition coefficient (Wildman–Crippen LogP) is 3.73. The third-order valence-electron chi connectivity index (χ3n) is 6.36. The number of pyridine rings is 1. The van der Waals surface area contributed by atoms with Gasteiger partial charge in [0.15, 0.2) is 0 Å². The third kappa shape index (κ3) is 5.07. The van der Waals surface area contributed by atoms with Crippen molar-refractivity contribution >= 4 is 34.9 Å². The average molecular weight is 481 g/mol. The SMILES string of the molecule is Cc1ccc(-n2nc(C)c(CC(=O)Nc3ccc(N4CCCC(C(N)=O)C4)nc3)c2C)cc1Cl. The number of rotatable bonds is 6. The predicted molar refractivity (Wildman–Crippen MR) is 133 cm³/mol. The van der Waals surface area contributed by atoms with Crippen molar-refractivity contribution in [3.05, 3.63) is 64.1 Å². The molecule has 2 amide bonds. The molecule has 0 spiro atoms. The highest BCUT2D eigenvalue weighted by molar-refractivity contribution is 6.31. The van der Waals surface area contributed by atoms with Crippen molar-refractivity contribution in [1.29, 1.82) is 0 Å². The average Bonchev–Trinajstić information content (AvgIpc) is 3.09. The van der Waals surface area contributed by atoms with Gasteiger partial charge in [-0.2, -0.15) is 5.10 Å². The molecule has 1 fully saturated rings. The first-order chi connectivity index (χ1) is 16.2. The summed E-state index contributed by atoms with van der Waals surface area (Å²) in [4.78, 5) is 30.8. The van der Waals surface area contributed by atoms with Crippen molar-refractivity contribution in [1.82, 2.24) is 14.8 Å². The zero-order valence-electron chi connectivity index (χ0n) is 19.6. The van der Waals surface area contributed by atoms with Crippen molar-refractivity contribution in [2.75, 3.05) is 23.3 Å². The van der Waals surface area contributed by atoms with Gasteiger partial charge in [0.2, 0.25) is 11.8 Å². The molecule has 1 saturated heterocycles. The highest BCUT2D eigenvalue weighted by Crippen LogP contribution is 2.24. The normalized spacial score (nSPS) is 15.9. The molecule has 4 rings (SSSR count). The van der Waals surface area contributed by atoms with Crippen LogP contribution in [0.25, 0.3) is 5.69 Å². The summed E-state index contributed by atoms with van der Waals surface area (Å²) in [6.45, 7) is 7.20. The summed E-state index contributed by atoms with van der Waals surface area (Å²) in [6, 6.07) is 9.47. The lowest BCUT2D eigenvalue weighted by Gasteiger charge is -2.32. The number of halogens is 1. The highest BCUT2D eigenvalue weighted by Gasteiger charge is 2.24. The van der Waals surface area contributed by atoms with Gasteiger partial charge in [-0.05, 0) is 63.4 Å². The number of benzene rings is 1. The molecule has 1 aliphatic heterocycles. The fourth-order valence-electron chi connectivity index (χ4n) is 4.33. The van der Waals surface area contributed by atoms with Crippen molar-refractivity contribution < 1.29 is 9.59 Å². The quantitative estimate of drug-likeness (QED) is 0.559. The van der Waals surface area contributed by atoms with Gasteiger partial charge in [-0.3, -0.25) is 9.59 Å². The Morgan fingerprint density at radius 1 is 1.21 bits per heavy atom. The van der Waals surface area contributed by atoms with E-state index in [1.807, 2.05) is 55.8 Å². The summed E-state index contributed by atoms with van der Waals surface area (Å²) in [5.41, 5.74) is 10.5. The monoisotopic (exact) mass is 480 g/mol. The fourth-order valence-corrected chi connectivity index (χ4v) is 4.50. The number of primary amides is 1. The van der Waals surface area contributed by atoms with Gasteiger partial charge in [-0.1, -0.05) is 17.7 Å². The molecule has 3 N–H and O–H groups in total. The number of nitrogens with one attached hydrogen (secondary N) is 1. The zero-order valence-corrected chi connectivity index (χ0v) is 20.4. The van der Waals surface area contributed by atoms with E-state index in [1.165, 1.54) is 0 Å². The molecule has 1 unspecified atom stereocenters. The lowest BCUT2D eigenvalue weighted by molar-refractivity contribution is -0.122. The minimum Gasteiger partial charge on any atom is -0.369 e. The number of aromatic nitrogens is 3. The van der Waals surface area contributed by atoms with Crippen molar-refractivity contribution in [3.63, 3.8) is 0 Å². The van der Waals surface area contributed by atoms with Crippen LogP contribution in [0, 0.1) is 26.7 Å². The van der Waals surface area contributed by atoms with E-state index in [4.69, 9.17) is 17.3 Å². The summed E-state index contributed by atoms with van der Waals surface area (Å²) in [7, 11) is 0. The van der Waals surface area contributed by atoms with E-state index < -0.39 is 0 Å². The molecular weight excluding hydrogens is 452 g/mol. The van der Waals surface area contributed by atoms with Crippen LogP contribution < -0.4 is 16.0 Å². The second-order valence-corrected chi connectivity index (χ2v) is 9.22. The minimum atomic E-state index is -0.270. The van der Waals surface area contributed by atoms with Gasteiger partial charge in [0.25, 0.3) is 0 Å². The van der Waals surface area contributed by atoms with Crippen molar-refractivity contribution in [3.8, 4) is 5.69 Å². The van der Waals surface area contributed by atoms with Crippen molar-refractivity contribution in [2.45, 2.75) is 40.0 Å². The molecule has 1 atom stereocenters. The zero-order chi connectivity index (χ0) is 24.4. The molecule has 178 valence electrons. The Morgan fingerprint density at radius 3 is 2.68 bits per heavy atom. The second-order valence-electron chi connectivity index (χ2n) is 8.81. The van der Waals surface area contributed by atoms with E-state index in [0.717, 1.165) is 53.4 Å². The minimum absolute atomic E-state index is 0.144. The third-order valence-corrected chi connectivity index (χ3v) is 6.77. The van der Waals surface area contributed by atoms with Crippen LogP contribution in [0.15, 0.2) is 36.5 Å². The van der Waals surface area contributed by atoms with Gasteiger partial charge in [0.05, 0.1) is 35.6 Å². The van der Waals surface area contributed by atoms with Crippen molar-refractivity contribution in [2.24, 2.45) is 11.7 Å². The maximum absolute atomic E-state index is 12.8. The Hall–Kier alpha value is -3.39. The summed E-state index contributed by atoms with van der Waals surface area (Å²) < 4.78 is 1.82. The molecule has 3 aromatic rings. The Labute approximate surface area is 204 Å². The second kappa shape index (κ2) is 9.85. The van der Waals surface area contributed by atoms with Crippen LogP contribution in [0.1, 0.15) is 35.4 Å². The topological polar surface area (TPSA) is 106 Å². The van der Waals surface area contributed by atoms with Gasteiger partial charge >= 0.3 is 0 Å².